The molecule has 16 heavy (non-hydrogen) atoms. The summed E-state index contributed by atoms with van der Waals surface area (Å²) in [6.45, 7) is 0. The van der Waals surface area contributed by atoms with E-state index in [1.165, 1.54) is 51.4 Å². The topological polar surface area (TPSA) is 29.1 Å². The fourth-order valence-corrected chi connectivity index (χ4v) is 5.20. The standard InChI is InChI=1S/C13H25NOS/c1-14-13(11-6-2-3-7-11)10-16(15)12-8-4-5-9-12/h11-14H,2-10H2,1H3. The fourth-order valence-electron chi connectivity index (χ4n) is 3.28. The summed E-state index contributed by atoms with van der Waals surface area (Å²) in [6.07, 6.45) is 10.4. The maximum Gasteiger partial charge on any atom is 0.0394 e. The Labute approximate surface area is 102 Å². The third-order valence-corrected chi connectivity index (χ3v) is 6.26. The van der Waals surface area contributed by atoms with Crippen molar-refractivity contribution in [1.29, 1.82) is 0 Å². The molecule has 2 atom stereocenters. The minimum atomic E-state index is -0.584. The van der Waals surface area contributed by atoms with Gasteiger partial charge in [-0.15, -0.1) is 0 Å². The minimum Gasteiger partial charge on any atom is -0.316 e. The average Bonchev–Trinajstić information content (AvgIpc) is 2.96. The molecule has 2 saturated carbocycles. The lowest BCUT2D eigenvalue weighted by atomic mass is 10.0. The van der Waals surface area contributed by atoms with Crippen LogP contribution in [0.15, 0.2) is 0 Å². The summed E-state index contributed by atoms with van der Waals surface area (Å²) < 4.78 is 12.2. The van der Waals surface area contributed by atoms with Crippen LogP contribution in [0.25, 0.3) is 0 Å². The van der Waals surface area contributed by atoms with Gasteiger partial charge < -0.3 is 5.32 Å². The van der Waals surface area contributed by atoms with Crippen molar-refractivity contribution < 1.29 is 4.21 Å². The van der Waals surface area contributed by atoms with Crippen LogP contribution in [0.1, 0.15) is 51.4 Å². The SMILES string of the molecule is CNC(CS(=O)C1CCCC1)C1CCCC1. The molecule has 0 bridgehead atoms. The molecule has 0 heterocycles. The Hall–Kier alpha value is 0.110. The lowest BCUT2D eigenvalue weighted by Crippen LogP contribution is -2.38. The van der Waals surface area contributed by atoms with Crippen molar-refractivity contribution in [2.75, 3.05) is 12.8 Å². The molecule has 2 nitrogen and oxygen atoms in total. The largest absolute Gasteiger partial charge is 0.316 e. The van der Waals surface area contributed by atoms with Crippen LogP contribution in [0.3, 0.4) is 0 Å². The normalized spacial score (nSPS) is 27.3. The van der Waals surface area contributed by atoms with E-state index < -0.39 is 10.8 Å². The average molecular weight is 243 g/mol. The van der Waals surface area contributed by atoms with Crippen LogP contribution in [-0.4, -0.2) is 28.3 Å². The number of rotatable bonds is 5. The van der Waals surface area contributed by atoms with Crippen molar-refractivity contribution in [1.82, 2.24) is 5.32 Å². The Balaban J connectivity index is 1.82. The van der Waals surface area contributed by atoms with Gasteiger partial charge in [0.2, 0.25) is 0 Å². The van der Waals surface area contributed by atoms with Gasteiger partial charge in [0.15, 0.2) is 0 Å². The molecule has 3 heteroatoms. The highest BCUT2D eigenvalue weighted by Crippen LogP contribution is 2.29. The number of hydrogen-bond donors (Lipinski definition) is 1. The van der Waals surface area contributed by atoms with Crippen molar-refractivity contribution in [3.8, 4) is 0 Å². The summed E-state index contributed by atoms with van der Waals surface area (Å²) in [5.41, 5.74) is 0. The minimum absolute atomic E-state index is 0.504. The highest BCUT2D eigenvalue weighted by molar-refractivity contribution is 7.85. The van der Waals surface area contributed by atoms with Crippen molar-refractivity contribution in [3.63, 3.8) is 0 Å². The molecule has 2 rings (SSSR count). The maximum atomic E-state index is 12.2. The van der Waals surface area contributed by atoms with Gasteiger partial charge in [-0.1, -0.05) is 25.7 Å². The lowest BCUT2D eigenvalue weighted by molar-refractivity contribution is 0.407. The van der Waals surface area contributed by atoms with Gasteiger partial charge in [-0.05, 0) is 38.6 Å². The van der Waals surface area contributed by atoms with Gasteiger partial charge in [-0.2, -0.15) is 0 Å². The van der Waals surface area contributed by atoms with Crippen molar-refractivity contribution in [2.24, 2.45) is 5.92 Å². The zero-order valence-corrected chi connectivity index (χ0v) is 11.2. The van der Waals surface area contributed by atoms with Crippen LogP contribution in [0.2, 0.25) is 0 Å². The number of nitrogens with one attached hydrogen (secondary N) is 1. The molecule has 2 aliphatic carbocycles. The monoisotopic (exact) mass is 243 g/mol. The van der Waals surface area contributed by atoms with Gasteiger partial charge in [0.1, 0.15) is 0 Å². The fraction of sp³-hybridized carbons (Fsp3) is 1.00. The molecule has 0 aromatic carbocycles. The van der Waals surface area contributed by atoms with Crippen LogP contribution in [0.4, 0.5) is 0 Å². The predicted molar refractivity (Wildman–Crippen MR) is 70.1 cm³/mol. The van der Waals surface area contributed by atoms with Crippen molar-refractivity contribution >= 4 is 10.8 Å². The van der Waals surface area contributed by atoms with Crippen LogP contribution in [0.5, 0.6) is 0 Å². The molecule has 0 aromatic heterocycles. The van der Waals surface area contributed by atoms with Gasteiger partial charge in [0.25, 0.3) is 0 Å². The second-order valence-corrected chi connectivity index (χ2v) is 7.16. The van der Waals surface area contributed by atoms with E-state index in [4.69, 9.17) is 0 Å². The molecular formula is C13H25NOS. The molecule has 0 aliphatic heterocycles. The highest BCUT2D eigenvalue weighted by atomic mass is 32.2. The van der Waals surface area contributed by atoms with E-state index in [1.807, 2.05) is 7.05 Å². The van der Waals surface area contributed by atoms with Crippen LogP contribution >= 0.6 is 0 Å². The third kappa shape index (κ3) is 3.07. The molecule has 2 aliphatic rings. The van der Waals surface area contributed by atoms with E-state index in [1.54, 1.807) is 0 Å². The van der Waals surface area contributed by atoms with E-state index in [2.05, 4.69) is 5.32 Å². The number of hydrogen-bond acceptors (Lipinski definition) is 2. The Morgan fingerprint density at radius 3 is 2.25 bits per heavy atom. The zero-order valence-electron chi connectivity index (χ0n) is 10.4. The van der Waals surface area contributed by atoms with Gasteiger partial charge >= 0.3 is 0 Å². The van der Waals surface area contributed by atoms with E-state index >= 15 is 0 Å². The van der Waals surface area contributed by atoms with Crippen LogP contribution < -0.4 is 5.32 Å². The Bertz CT molecular complexity index is 232. The first-order valence-corrected chi connectivity index (χ1v) is 8.24. The Morgan fingerprint density at radius 1 is 1.12 bits per heavy atom. The summed E-state index contributed by atoms with van der Waals surface area (Å²) in [5, 5.41) is 3.92. The summed E-state index contributed by atoms with van der Waals surface area (Å²) in [6, 6.07) is 0.504. The first kappa shape index (κ1) is 12.6. The van der Waals surface area contributed by atoms with E-state index in [9.17, 15) is 4.21 Å². The summed E-state index contributed by atoms with van der Waals surface area (Å²) in [7, 11) is 1.45. The maximum absolute atomic E-state index is 12.2. The molecular weight excluding hydrogens is 218 g/mol. The first-order chi connectivity index (χ1) is 7.81. The van der Waals surface area contributed by atoms with Crippen molar-refractivity contribution in [3.05, 3.63) is 0 Å². The van der Waals surface area contributed by atoms with E-state index in [0.29, 0.717) is 11.3 Å². The molecule has 1 N–H and O–H groups in total. The summed E-state index contributed by atoms with van der Waals surface area (Å²) in [4.78, 5) is 0. The molecule has 94 valence electrons. The molecule has 0 spiro atoms. The van der Waals surface area contributed by atoms with E-state index in [-0.39, 0.29) is 0 Å². The molecule has 0 amide bonds. The van der Waals surface area contributed by atoms with Gasteiger partial charge in [0.05, 0.1) is 0 Å². The predicted octanol–water partition coefficient (Wildman–Crippen LogP) is 2.46. The molecule has 2 fully saturated rings. The van der Waals surface area contributed by atoms with Gasteiger partial charge in [0, 0.05) is 27.8 Å². The summed E-state index contributed by atoms with van der Waals surface area (Å²) >= 11 is 0. The first-order valence-electron chi connectivity index (χ1n) is 6.85. The molecule has 0 aromatic rings. The van der Waals surface area contributed by atoms with Gasteiger partial charge in [-0.25, -0.2) is 0 Å². The quantitative estimate of drug-likeness (QED) is 0.803. The Morgan fingerprint density at radius 2 is 1.69 bits per heavy atom. The smallest absolute Gasteiger partial charge is 0.0394 e. The lowest BCUT2D eigenvalue weighted by Gasteiger charge is -2.23. The van der Waals surface area contributed by atoms with Crippen LogP contribution in [0, 0.1) is 5.92 Å². The Kier molecular flexibility index (Phi) is 4.83. The second-order valence-electron chi connectivity index (χ2n) is 5.39. The molecule has 2 unspecified atom stereocenters. The van der Waals surface area contributed by atoms with E-state index in [0.717, 1.165) is 11.7 Å². The second kappa shape index (κ2) is 6.15. The van der Waals surface area contributed by atoms with Crippen LogP contribution in [-0.2, 0) is 10.8 Å². The molecule has 0 saturated heterocycles. The van der Waals surface area contributed by atoms with Gasteiger partial charge in [-0.3, -0.25) is 4.21 Å². The molecule has 0 radical (unpaired) electrons. The highest BCUT2D eigenvalue weighted by Gasteiger charge is 2.28. The zero-order chi connectivity index (χ0) is 11.4. The third-order valence-electron chi connectivity index (χ3n) is 4.36. The summed E-state index contributed by atoms with van der Waals surface area (Å²) in [5.74, 6) is 1.68. The van der Waals surface area contributed by atoms with Crippen molar-refractivity contribution in [2.45, 2.75) is 62.7 Å².